The van der Waals surface area contributed by atoms with Crippen LogP contribution in [0.2, 0.25) is 0 Å². The van der Waals surface area contributed by atoms with Gasteiger partial charge in [-0.25, -0.2) is 9.37 Å². The lowest BCUT2D eigenvalue weighted by atomic mass is 10.1. The van der Waals surface area contributed by atoms with Crippen LogP contribution in [0.1, 0.15) is 23.2 Å². The van der Waals surface area contributed by atoms with E-state index in [0.29, 0.717) is 0 Å². The summed E-state index contributed by atoms with van der Waals surface area (Å²) in [5, 5.41) is 3.09. The lowest BCUT2D eigenvalue weighted by molar-refractivity contribution is 0.627. The number of hydrogen-bond donors (Lipinski definition) is 1. The highest BCUT2D eigenvalue weighted by Gasteiger charge is 2.05. The van der Waals surface area contributed by atoms with Gasteiger partial charge in [0.1, 0.15) is 5.82 Å². The summed E-state index contributed by atoms with van der Waals surface area (Å²) in [5.41, 5.74) is 7.85. The summed E-state index contributed by atoms with van der Waals surface area (Å²) in [5.74, 6) is -0.203. The van der Waals surface area contributed by atoms with Crippen molar-refractivity contribution in [1.82, 2.24) is 4.98 Å². The van der Waals surface area contributed by atoms with E-state index in [1.165, 1.54) is 12.1 Å². The van der Waals surface area contributed by atoms with Gasteiger partial charge in [-0.15, -0.1) is 11.3 Å². The third-order valence-electron chi connectivity index (χ3n) is 2.40. The number of thiazole rings is 1. The second-order valence-corrected chi connectivity index (χ2v) is 5.16. The number of benzene rings is 1. The zero-order valence-electron chi connectivity index (χ0n) is 9.69. The first-order chi connectivity index (χ1) is 8.13. The molecule has 0 aliphatic heterocycles. The predicted molar refractivity (Wildman–Crippen MR) is 68.7 cm³/mol. The van der Waals surface area contributed by atoms with Gasteiger partial charge in [-0.05, 0) is 24.6 Å². The van der Waals surface area contributed by atoms with E-state index in [-0.39, 0.29) is 11.9 Å². The molecule has 2 rings (SSSR count). The van der Waals surface area contributed by atoms with Crippen LogP contribution >= 0.6 is 11.3 Å². The fourth-order valence-corrected chi connectivity index (χ4v) is 2.47. The first-order valence-corrected chi connectivity index (χ1v) is 6.45. The van der Waals surface area contributed by atoms with Crippen molar-refractivity contribution in [3.8, 4) is 0 Å². The molecule has 1 aromatic heterocycles. The monoisotopic (exact) mass is 250 g/mol. The van der Waals surface area contributed by atoms with Gasteiger partial charge in [-0.2, -0.15) is 0 Å². The van der Waals surface area contributed by atoms with Crippen LogP contribution in [-0.4, -0.2) is 11.0 Å². The molecule has 0 radical (unpaired) electrons. The molecule has 1 atom stereocenters. The van der Waals surface area contributed by atoms with Crippen molar-refractivity contribution in [2.75, 3.05) is 0 Å². The maximum atomic E-state index is 12.7. The molecule has 0 aliphatic rings. The van der Waals surface area contributed by atoms with Gasteiger partial charge in [0.05, 0.1) is 10.7 Å². The van der Waals surface area contributed by atoms with Gasteiger partial charge in [0, 0.05) is 24.3 Å². The van der Waals surface area contributed by atoms with Crippen molar-refractivity contribution in [1.29, 1.82) is 0 Å². The van der Waals surface area contributed by atoms with Gasteiger partial charge in [0.25, 0.3) is 0 Å². The maximum Gasteiger partial charge on any atom is 0.123 e. The van der Waals surface area contributed by atoms with E-state index in [2.05, 4.69) is 4.98 Å². The van der Waals surface area contributed by atoms with Gasteiger partial charge < -0.3 is 5.73 Å². The quantitative estimate of drug-likeness (QED) is 0.906. The van der Waals surface area contributed by atoms with Crippen molar-refractivity contribution in [3.63, 3.8) is 0 Å². The van der Waals surface area contributed by atoms with Crippen LogP contribution < -0.4 is 5.73 Å². The van der Waals surface area contributed by atoms with E-state index in [1.807, 2.05) is 12.3 Å². The van der Waals surface area contributed by atoms with E-state index in [0.717, 1.165) is 29.1 Å². The van der Waals surface area contributed by atoms with E-state index >= 15 is 0 Å². The molecule has 0 spiro atoms. The van der Waals surface area contributed by atoms with Crippen molar-refractivity contribution < 1.29 is 4.39 Å². The zero-order valence-corrected chi connectivity index (χ0v) is 10.5. The third-order valence-corrected chi connectivity index (χ3v) is 3.30. The lowest BCUT2D eigenvalue weighted by Crippen LogP contribution is -2.17. The average Bonchev–Trinajstić information content (AvgIpc) is 2.68. The molecule has 0 bridgehead atoms. The van der Waals surface area contributed by atoms with E-state index < -0.39 is 0 Å². The van der Waals surface area contributed by atoms with Gasteiger partial charge >= 0.3 is 0 Å². The first kappa shape index (κ1) is 12.2. The van der Waals surface area contributed by atoms with Crippen LogP contribution in [0.25, 0.3) is 0 Å². The van der Waals surface area contributed by atoms with Gasteiger partial charge in [-0.3, -0.25) is 0 Å². The minimum atomic E-state index is -0.203. The van der Waals surface area contributed by atoms with E-state index in [9.17, 15) is 4.39 Å². The Kier molecular flexibility index (Phi) is 3.86. The molecular formula is C13H15FN2S. The highest BCUT2D eigenvalue weighted by molar-refractivity contribution is 7.09. The van der Waals surface area contributed by atoms with E-state index in [4.69, 9.17) is 5.73 Å². The average molecular weight is 250 g/mol. The van der Waals surface area contributed by atoms with Crippen molar-refractivity contribution >= 4 is 11.3 Å². The molecule has 2 N–H and O–H groups in total. The molecule has 1 aromatic carbocycles. The standard InChI is InChI=1S/C13H15FN2S/c1-9(15)6-12-8-17-13(16-12)7-10-2-4-11(14)5-3-10/h2-5,8-9H,6-7,15H2,1H3. The molecule has 17 heavy (non-hydrogen) atoms. The minimum absolute atomic E-state index is 0.135. The summed E-state index contributed by atoms with van der Waals surface area (Å²) in [7, 11) is 0. The molecule has 1 heterocycles. The number of nitrogens with two attached hydrogens (primary N) is 1. The lowest BCUT2D eigenvalue weighted by Gasteiger charge is -2.00. The van der Waals surface area contributed by atoms with Crippen LogP contribution in [0.5, 0.6) is 0 Å². The Balaban J connectivity index is 2.03. The van der Waals surface area contributed by atoms with E-state index in [1.54, 1.807) is 23.5 Å². The fraction of sp³-hybridized carbons (Fsp3) is 0.308. The summed E-state index contributed by atoms with van der Waals surface area (Å²) in [6.45, 7) is 1.97. The number of rotatable bonds is 4. The molecule has 0 saturated heterocycles. The van der Waals surface area contributed by atoms with Crippen LogP contribution in [0.4, 0.5) is 4.39 Å². The second-order valence-electron chi connectivity index (χ2n) is 4.22. The smallest absolute Gasteiger partial charge is 0.123 e. The van der Waals surface area contributed by atoms with Crippen molar-refractivity contribution in [2.24, 2.45) is 5.73 Å². The summed E-state index contributed by atoms with van der Waals surface area (Å²) in [6.07, 6.45) is 1.56. The molecule has 90 valence electrons. The second kappa shape index (κ2) is 5.38. The van der Waals surface area contributed by atoms with Crippen LogP contribution in [-0.2, 0) is 12.8 Å². The Morgan fingerprint density at radius 1 is 1.35 bits per heavy atom. The molecule has 0 fully saturated rings. The molecule has 0 saturated carbocycles. The van der Waals surface area contributed by atoms with Gasteiger partial charge in [0.15, 0.2) is 0 Å². The molecule has 2 aromatic rings. The number of hydrogen-bond acceptors (Lipinski definition) is 3. The summed E-state index contributed by atoms with van der Waals surface area (Å²) in [6, 6.07) is 6.68. The molecule has 0 amide bonds. The normalized spacial score (nSPS) is 12.6. The maximum absolute atomic E-state index is 12.7. The Morgan fingerprint density at radius 2 is 2.06 bits per heavy atom. The van der Waals surface area contributed by atoms with Crippen LogP contribution in [0, 0.1) is 5.82 Å². The topological polar surface area (TPSA) is 38.9 Å². The Morgan fingerprint density at radius 3 is 2.71 bits per heavy atom. The zero-order chi connectivity index (χ0) is 12.3. The molecular weight excluding hydrogens is 235 g/mol. The molecule has 1 unspecified atom stereocenters. The number of nitrogens with zero attached hydrogens (tertiary/aromatic N) is 1. The van der Waals surface area contributed by atoms with Crippen molar-refractivity contribution in [2.45, 2.75) is 25.8 Å². The highest BCUT2D eigenvalue weighted by atomic mass is 32.1. The molecule has 0 aliphatic carbocycles. The predicted octanol–water partition coefficient (Wildman–Crippen LogP) is 2.76. The van der Waals surface area contributed by atoms with Gasteiger partial charge in [0.2, 0.25) is 0 Å². The highest BCUT2D eigenvalue weighted by Crippen LogP contribution is 2.16. The van der Waals surface area contributed by atoms with Gasteiger partial charge in [-0.1, -0.05) is 12.1 Å². The number of halogens is 1. The molecule has 2 nitrogen and oxygen atoms in total. The largest absolute Gasteiger partial charge is 0.328 e. The van der Waals surface area contributed by atoms with Crippen molar-refractivity contribution in [3.05, 3.63) is 51.7 Å². The first-order valence-electron chi connectivity index (χ1n) is 5.57. The third kappa shape index (κ3) is 3.61. The minimum Gasteiger partial charge on any atom is -0.328 e. The Labute approximate surface area is 104 Å². The fourth-order valence-electron chi connectivity index (χ4n) is 1.63. The molecule has 4 heteroatoms. The SMILES string of the molecule is CC(N)Cc1csc(Cc2ccc(F)cc2)n1. The summed E-state index contributed by atoms with van der Waals surface area (Å²) >= 11 is 1.63. The Hall–Kier alpha value is -1.26. The summed E-state index contributed by atoms with van der Waals surface area (Å²) < 4.78 is 12.7. The van der Waals surface area contributed by atoms with Crippen LogP contribution in [0.3, 0.4) is 0 Å². The Bertz CT molecular complexity index is 476. The van der Waals surface area contributed by atoms with Crippen LogP contribution in [0.15, 0.2) is 29.6 Å². The number of aromatic nitrogens is 1. The summed E-state index contributed by atoms with van der Waals surface area (Å²) in [4.78, 5) is 4.51.